The second kappa shape index (κ2) is 7.34. The Kier molecular flexibility index (Phi) is 4.88. The first kappa shape index (κ1) is 18.6. The van der Waals surface area contributed by atoms with Crippen molar-refractivity contribution < 1.29 is 9.53 Å². The zero-order chi connectivity index (χ0) is 19.8. The lowest BCUT2D eigenvalue weighted by atomic mass is 10.2. The molecule has 1 amide bonds. The summed E-state index contributed by atoms with van der Waals surface area (Å²) in [6.07, 6.45) is 4.24. The van der Waals surface area contributed by atoms with Gasteiger partial charge in [0.15, 0.2) is 0 Å². The van der Waals surface area contributed by atoms with Crippen LogP contribution in [0.1, 0.15) is 37.8 Å². The van der Waals surface area contributed by atoms with Crippen LogP contribution in [0.2, 0.25) is 0 Å². The molecule has 9 nitrogen and oxygen atoms in total. The SMILES string of the molecule is CCC1COC(=O)N1c1nc(C)nc(N[C@@H](C)c2cn3cc(Br)ccc3n2)n1. The predicted octanol–water partition coefficient (Wildman–Crippen LogP) is 3.50. The van der Waals surface area contributed by atoms with Crippen molar-refractivity contribution in [3.05, 3.63) is 40.5 Å². The van der Waals surface area contributed by atoms with Crippen LogP contribution in [0.5, 0.6) is 0 Å². The molecule has 0 spiro atoms. The number of aryl methyl sites for hydroxylation is 1. The number of carbonyl (C=O) groups is 1. The van der Waals surface area contributed by atoms with E-state index < -0.39 is 6.09 Å². The largest absolute Gasteiger partial charge is 0.447 e. The molecule has 4 heterocycles. The number of rotatable bonds is 5. The van der Waals surface area contributed by atoms with Crippen LogP contribution in [0, 0.1) is 6.92 Å². The van der Waals surface area contributed by atoms with Crippen molar-refractivity contribution in [1.29, 1.82) is 0 Å². The highest BCUT2D eigenvalue weighted by atomic mass is 79.9. The molecule has 1 aliphatic rings. The number of carbonyl (C=O) groups excluding carboxylic acids is 1. The third kappa shape index (κ3) is 3.51. The van der Waals surface area contributed by atoms with Gasteiger partial charge in [-0.05, 0) is 48.3 Å². The van der Waals surface area contributed by atoms with Crippen molar-refractivity contribution in [1.82, 2.24) is 24.3 Å². The highest BCUT2D eigenvalue weighted by molar-refractivity contribution is 9.10. The van der Waals surface area contributed by atoms with Crippen LogP contribution in [0.25, 0.3) is 5.65 Å². The first-order valence-electron chi connectivity index (χ1n) is 9.04. The van der Waals surface area contributed by atoms with Crippen LogP contribution in [0.15, 0.2) is 29.0 Å². The number of nitrogens with zero attached hydrogens (tertiary/aromatic N) is 6. The molecule has 0 radical (unpaired) electrons. The normalized spacial score (nSPS) is 17.8. The number of anilines is 2. The van der Waals surface area contributed by atoms with Crippen molar-refractivity contribution in [2.45, 2.75) is 39.3 Å². The van der Waals surface area contributed by atoms with Gasteiger partial charge in [-0.3, -0.25) is 0 Å². The zero-order valence-corrected chi connectivity index (χ0v) is 17.3. The summed E-state index contributed by atoms with van der Waals surface area (Å²) in [4.78, 5) is 31.4. The molecule has 3 aromatic heterocycles. The number of amides is 1. The summed E-state index contributed by atoms with van der Waals surface area (Å²) < 4.78 is 8.08. The van der Waals surface area contributed by atoms with Crippen LogP contribution < -0.4 is 10.2 Å². The second-order valence-corrected chi connectivity index (χ2v) is 7.58. The number of fused-ring (bicyclic) bond motifs is 1. The third-order valence-corrected chi connectivity index (χ3v) is 5.08. The molecule has 0 aromatic carbocycles. The van der Waals surface area contributed by atoms with Crippen molar-refractivity contribution in [2.75, 3.05) is 16.8 Å². The van der Waals surface area contributed by atoms with E-state index >= 15 is 0 Å². The molecule has 0 saturated carbocycles. The van der Waals surface area contributed by atoms with E-state index in [4.69, 9.17) is 4.74 Å². The highest BCUT2D eigenvalue weighted by Crippen LogP contribution is 2.24. The number of hydrogen-bond donors (Lipinski definition) is 1. The minimum Gasteiger partial charge on any atom is -0.447 e. The van der Waals surface area contributed by atoms with Crippen molar-refractivity contribution in [2.24, 2.45) is 0 Å². The van der Waals surface area contributed by atoms with Gasteiger partial charge in [-0.2, -0.15) is 15.0 Å². The molecule has 146 valence electrons. The number of imidazole rings is 1. The molecule has 0 aliphatic carbocycles. The molecule has 4 rings (SSSR count). The van der Waals surface area contributed by atoms with Gasteiger partial charge in [-0.1, -0.05) is 6.92 Å². The third-order valence-electron chi connectivity index (χ3n) is 4.61. The standard InChI is InChI=1S/C18H20BrN7O2/c1-4-13-9-28-18(27)26(13)17-22-11(3)21-16(24-17)20-10(2)14-8-25-7-12(19)5-6-15(25)23-14/h5-8,10,13H,4,9H2,1-3H3,(H,20,21,22,24)/t10-,13?/m0/s1. The minimum atomic E-state index is -0.428. The number of pyridine rings is 1. The van der Waals surface area contributed by atoms with Gasteiger partial charge in [0.1, 0.15) is 18.1 Å². The van der Waals surface area contributed by atoms with Crippen molar-refractivity contribution >= 4 is 39.6 Å². The van der Waals surface area contributed by atoms with E-state index in [1.165, 1.54) is 4.90 Å². The van der Waals surface area contributed by atoms with E-state index in [1.807, 2.05) is 42.8 Å². The molecule has 10 heteroatoms. The van der Waals surface area contributed by atoms with Crippen molar-refractivity contribution in [3.8, 4) is 0 Å². The molecule has 3 aromatic rings. The predicted molar refractivity (Wildman–Crippen MR) is 107 cm³/mol. The van der Waals surface area contributed by atoms with E-state index in [2.05, 4.69) is 41.2 Å². The fourth-order valence-electron chi connectivity index (χ4n) is 3.11. The quantitative estimate of drug-likeness (QED) is 0.641. The first-order chi connectivity index (χ1) is 13.4. The van der Waals surface area contributed by atoms with Gasteiger partial charge in [0.05, 0.1) is 17.8 Å². The Bertz CT molecular complexity index is 1040. The van der Waals surface area contributed by atoms with Crippen LogP contribution in [0.4, 0.5) is 16.7 Å². The Morgan fingerprint density at radius 3 is 2.89 bits per heavy atom. The zero-order valence-electron chi connectivity index (χ0n) is 15.8. The van der Waals surface area contributed by atoms with E-state index in [-0.39, 0.29) is 12.1 Å². The van der Waals surface area contributed by atoms with Gasteiger partial charge >= 0.3 is 6.09 Å². The van der Waals surface area contributed by atoms with Crippen LogP contribution in [-0.2, 0) is 4.74 Å². The maximum Gasteiger partial charge on any atom is 0.417 e. The molecule has 1 fully saturated rings. The Balaban J connectivity index is 1.60. The van der Waals surface area contributed by atoms with Gasteiger partial charge in [0.25, 0.3) is 0 Å². The fraction of sp³-hybridized carbons (Fsp3) is 0.389. The van der Waals surface area contributed by atoms with Crippen LogP contribution in [0.3, 0.4) is 0 Å². The molecule has 1 unspecified atom stereocenters. The summed E-state index contributed by atoms with van der Waals surface area (Å²) in [5, 5.41) is 3.26. The topological polar surface area (TPSA) is 97.5 Å². The summed E-state index contributed by atoms with van der Waals surface area (Å²) in [5.74, 6) is 1.21. The second-order valence-electron chi connectivity index (χ2n) is 6.66. The first-order valence-corrected chi connectivity index (χ1v) is 9.83. The highest BCUT2D eigenvalue weighted by Gasteiger charge is 2.35. The molecule has 1 saturated heterocycles. The lowest BCUT2D eigenvalue weighted by Crippen LogP contribution is -2.34. The van der Waals surface area contributed by atoms with Crippen molar-refractivity contribution in [3.63, 3.8) is 0 Å². The molecule has 0 bridgehead atoms. The Morgan fingerprint density at radius 2 is 2.11 bits per heavy atom. The Morgan fingerprint density at radius 1 is 1.29 bits per heavy atom. The lowest BCUT2D eigenvalue weighted by Gasteiger charge is -2.19. The average molecular weight is 446 g/mol. The summed E-state index contributed by atoms with van der Waals surface area (Å²) in [6.45, 7) is 6.09. The molecular weight excluding hydrogens is 426 g/mol. The molecule has 2 atom stereocenters. The number of cyclic esters (lactones) is 1. The van der Waals surface area contributed by atoms with Gasteiger partial charge in [0, 0.05) is 16.9 Å². The Hall–Kier alpha value is -2.75. The molecule has 28 heavy (non-hydrogen) atoms. The average Bonchev–Trinajstić information content (AvgIpc) is 3.23. The minimum absolute atomic E-state index is 0.0727. The fourth-order valence-corrected chi connectivity index (χ4v) is 3.46. The number of nitrogens with one attached hydrogen (secondary N) is 1. The van der Waals surface area contributed by atoms with Gasteiger partial charge < -0.3 is 14.5 Å². The number of ether oxygens (including phenoxy) is 1. The van der Waals surface area contributed by atoms with E-state index in [1.54, 1.807) is 6.92 Å². The number of halogens is 1. The smallest absolute Gasteiger partial charge is 0.417 e. The molecule has 1 aliphatic heterocycles. The number of aromatic nitrogens is 5. The van der Waals surface area contributed by atoms with E-state index in [0.717, 1.165) is 22.2 Å². The molecule has 1 N–H and O–H groups in total. The van der Waals surface area contributed by atoms with Gasteiger partial charge in [-0.15, -0.1) is 0 Å². The summed E-state index contributed by atoms with van der Waals surface area (Å²) >= 11 is 3.46. The molecular formula is C18H20BrN7O2. The summed E-state index contributed by atoms with van der Waals surface area (Å²) in [5.41, 5.74) is 1.70. The van der Waals surface area contributed by atoms with Gasteiger partial charge in [0.2, 0.25) is 11.9 Å². The number of hydrogen-bond acceptors (Lipinski definition) is 7. The summed E-state index contributed by atoms with van der Waals surface area (Å²) in [6, 6.07) is 3.68. The van der Waals surface area contributed by atoms with E-state index in [9.17, 15) is 4.79 Å². The maximum absolute atomic E-state index is 12.1. The van der Waals surface area contributed by atoms with Crippen LogP contribution >= 0.6 is 15.9 Å². The van der Waals surface area contributed by atoms with Gasteiger partial charge in [-0.25, -0.2) is 14.7 Å². The maximum atomic E-state index is 12.1. The van der Waals surface area contributed by atoms with Crippen LogP contribution in [-0.4, -0.2) is 43.1 Å². The summed E-state index contributed by atoms with van der Waals surface area (Å²) in [7, 11) is 0. The monoisotopic (exact) mass is 445 g/mol. The lowest BCUT2D eigenvalue weighted by molar-refractivity contribution is 0.178. The van der Waals surface area contributed by atoms with E-state index in [0.29, 0.717) is 24.3 Å². The Labute approximate surface area is 170 Å².